The van der Waals surface area contributed by atoms with Crippen LogP contribution in [0.15, 0.2) is 47.3 Å². The Morgan fingerprint density at radius 2 is 1.62 bits per heavy atom. The highest BCUT2D eigenvalue weighted by atomic mass is 35.5. The van der Waals surface area contributed by atoms with Gasteiger partial charge in [0.25, 0.3) is 5.56 Å². The normalized spacial score (nSPS) is 17.6. The summed E-state index contributed by atoms with van der Waals surface area (Å²) in [5.41, 5.74) is 1.60. The third kappa shape index (κ3) is 7.54. The van der Waals surface area contributed by atoms with Crippen molar-refractivity contribution in [2.45, 2.75) is 57.9 Å². The molecular formula is C33H43ClN4O2. The van der Waals surface area contributed by atoms with E-state index in [1.807, 2.05) is 59.2 Å². The molecule has 7 heteroatoms. The van der Waals surface area contributed by atoms with Gasteiger partial charge >= 0.3 is 0 Å². The number of methoxy groups -OCH3 is 1. The largest absolute Gasteiger partial charge is 0.494 e. The van der Waals surface area contributed by atoms with E-state index >= 15 is 0 Å². The first kappa shape index (κ1) is 28.8. The van der Waals surface area contributed by atoms with Gasteiger partial charge in [0.2, 0.25) is 0 Å². The second-order valence-electron chi connectivity index (χ2n) is 11.4. The molecule has 2 aliphatic rings. The fourth-order valence-electron chi connectivity index (χ4n) is 6.23. The summed E-state index contributed by atoms with van der Waals surface area (Å²) in [6.07, 6.45) is 14.0. The van der Waals surface area contributed by atoms with Crippen molar-refractivity contribution in [2.24, 2.45) is 5.92 Å². The van der Waals surface area contributed by atoms with Crippen LogP contribution in [0.3, 0.4) is 0 Å². The fraction of sp³-hybridized carbons (Fsp3) is 0.515. The van der Waals surface area contributed by atoms with Gasteiger partial charge in [-0.05, 0) is 126 Å². The standard InChI is InChI=1S/C33H43ClN4O2/c1-40-30-10-5-9-29-32(30)35-31(16-13-27-11-14-28(34)15-12-27)38(33(29)39)23-6-8-26-17-24-37(25-18-26)22-7-21-36-19-3-2-4-20-36/h5,9-16,26H,2-4,6-8,17-25H2,1H3/b16-13+. The topological polar surface area (TPSA) is 50.6 Å². The first-order chi connectivity index (χ1) is 19.6. The highest BCUT2D eigenvalue weighted by Crippen LogP contribution is 2.25. The number of hydrogen-bond donors (Lipinski definition) is 0. The molecule has 2 saturated heterocycles. The minimum atomic E-state index is -0.0109. The number of para-hydroxylation sites is 1. The van der Waals surface area contributed by atoms with Crippen LogP contribution in [0.4, 0.5) is 0 Å². The van der Waals surface area contributed by atoms with E-state index in [0.29, 0.717) is 34.0 Å². The van der Waals surface area contributed by atoms with Crippen LogP contribution in [0.2, 0.25) is 5.02 Å². The Kier molecular flexibility index (Phi) is 10.3. The predicted octanol–water partition coefficient (Wildman–Crippen LogP) is 6.60. The molecule has 1 aromatic heterocycles. The van der Waals surface area contributed by atoms with Crippen molar-refractivity contribution in [3.63, 3.8) is 0 Å². The Bertz CT molecular complexity index is 1320. The van der Waals surface area contributed by atoms with Crippen LogP contribution in [-0.4, -0.2) is 65.7 Å². The molecule has 214 valence electrons. The average Bonchev–Trinajstić information content (AvgIpc) is 2.99. The summed E-state index contributed by atoms with van der Waals surface area (Å²) < 4.78 is 7.36. The molecule has 0 aliphatic carbocycles. The number of halogens is 1. The molecule has 0 N–H and O–H groups in total. The molecule has 40 heavy (non-hydrogen) atoms. The zero-order valence-electron chi connectivity index (χ0n) is 23.9. The van der Waals surface area contributed by atoms with Crippen molar-refractivity contribution >= 4 is 34.7 Å². The Morgan fingerprint density at radius 3 is 2.35 bits per heavy atom. The summed E-state index contributed by atoms with van der Waals surface area (Å²) in [6, 6.07) is 13.2. The summed E-state index contributed by atoms with van der Waals surface area (Å²) in [4.78, 5) is 23.8. The lowest BCUT2D eigenvalue weighted by Gasteiger charge is -2.33. The smallest absolute Gasteiger partial charge is 0.261 e. The summed E-state index contributed by atoms with van der Waals surface area (Å²) in [7, 11) is 1.62. The molecule has 0 saturated carbocycles. The van der Waals surface area contributed by atoms with E-state index in [-0.39, 0.29) is 5.56 Å². The molecule has 0 amide bonds. The Labute approximate surface area is 243 Å². The lowest BCUT2D eigenvalue weighted by Crippen LogP contribution is -2.37. The lowest BCUT2D eigenvalue weighted by molar-refractivity contribution is 0.159. The third-order valence-corrected chi connectivity index (χ3v) is 8.84. The zero-order chi connectivity index (χ0) is 27.7. The highest BCUT2D eigenvalue weighted by molar-refractivity contribution is 6.30. The average molecular weight is 563 g/mol. The van der Waals surface area contributed by atoms with Gasteiger partial charge in [-0.15, -0.1) is 0 Å². The summed E-state index contributed by atoms with van der Waals surface area (Å²) in [6.45, 7) is 8.15. The van der Waals surface area contributed by atoms with Crippen molar-refractivity contribution in [3.05, 3.63) is 69.2 Å². The fourth-order valence-corrected chi connectivity index (χ4v) is 6.35. The van der Waals surface area contributed by atoms with Gasteiger partial charge in [-0.1, -0.05) is 42.3 Å². The molecule has 0 atom stereocenters. The maximum atomic E-state index is 13.6. The van der Waals surface area contributed by atoms with E-state index < -0.39 is 0 Å². The van der Waals surface area contributed by atoms with Crippen molar-refractivity contribution in [1.82, 2.24) is 19.4 Å². The van der Waals surface area contributed by atoms with E-state index in [4.69, 9.17) is 21.3 Å². The number of fused-ring (bicyclic) bond motifs is 1. The molecule has 3 heterocycles. The number of rotatable bonds is 11. The van der Waals surface area contributed by atoms with Crippen molar-refractivity contribution in [3.8, 4) is 5.75 Å². The zero-order valence-corrected chi connectivity index (χ0v) is 24.6. The van der Waals surface area contributed by atoms with Gasteiger partial charge in [0.15, 0.2) is 0 Å². The van der Waals surface area contributed by atoms with Crippen LogP contribution in [0.25, 0.3) is 23.1 Å². The van der Waals surface area contributed by atoms with Crippen molar-refractivity contribution < 1.29 is 4.74 Å². The summed E-state index contributed by atoms with van der Waals surface area (Å²) in [5.74, 6) is 2.00. The van der Waals surface area contributed by atoms with Crippen LogP contribution in [0, 0.1) is 5.92 Å². The SMILES string of the molecule is COc1cccc2c(=O)n(CCCC3CCN(CCCN4CCCCC4)CC3)c(/C=C/c3ccc(Cl)cc3)nc12. The molecule has 2 aromatic carbocycles. The molecule has 2 fully saturated rings. The lowest BCUT2D eigenvalue weighted by atomic mass is 9.92. The minimum Gasteiger partial charge on any atom is -0.494 e. The number of hydrogen-bond acceptors (Lipinski definition) is 5. The van der Waals surface area contributed by atoms with Crippen LogP contribution in [0.5, 0.6) is 5.75 Å². The van der Waals surface area contributed by atoms with Gasteiger partial charge in [0.1, 0.15) is 17.1 Å². The van der Waals surface area contributed by atoms with Crippen molar-refractivity contribution in [2.75, 3.05) is 46.4 Å². The molecule has 5 rings (SSSR count). The molecular weight excluding hydrogens is 520 g/mol. The van der Waals surface area contributed by atoms with Gasteiger partial charge in [-0.25, -0.2) is 4.98 Å². The first-order valence-corrected chi connectivity index (χ1v) is 15.4. The number of aromatic nitrogens is 2. The summed E-state index contributed by atoms with van der Waals surface area (Å²) >= 11 is 6.05. The number of likely N-dealkylation sites (tertiary alicyclic amines) is 2. The number of ether oxygens (including phenoxy) is 1. The first-order valence-electron chi connectivity index (χ1n) is 15.1. The molecule has 6 nitrogen and oxygen atoms in total. The van der Waals surface area contributed by atoms with Crippen LogP contribution in [0.1, 0.15) is 62.8 Å². The van der Waals surface area contributed by atoms with Gasteiger partial charge < -0.3 is 14.5 Å². The Balaban J connectivity index is 1.19. The molecule has 3 aromatic rings. The Hall–Kier alpha value is -2.67. The van der Waals surface area contributed by atoms with Crippen LogP contribution >= 0.6 is 11.6 Å². The molecule has 0 unspecified atom stereocenters. The third-order valence-electron chi connectivity index (χ3n) is 8.59. The van der Waals surface area contributed by atoms with E-state index in [2.05, 4.69) is 9.80 Å². The van der Waals surface area contributed by atoms with Gasteiger partial charge in [-0.3, -0.25) is 9.36 Å². The van der Waals surface area contributed by atoms with Gasteiger partial charge in [0, 0.05) is 11.6 Å². The molecule has 0 spiro atoms. The Morgan fingerprint density at radius 1 is 0.900 bits per heavy atom. The van der Waals surface area contributed by atoms with Crippen molar-refractivity contribution in [1.29, 1.82) is 0 Å². The monoisotopic (exact) mass is 562 g/mol. The van der Waals surface area contributed by atoms with Crippen LogP contribution < -0.4 is 10.3 Å². The predicted molar refractivity (Wildman–Crippen MR) is 166 cm³/mol. The second-order valence-corrected chi connectivity index (χ2v) is 11.8. The van der Waals surface area contributed by atoms with Crippen LogP contribution in [-0.2, 0) is 6.54 Å². The van der Waals surface area contributed by atoms with Gasteiger partial charge in [-0.2, -0.15) is 0 Å². The van der Waals surface area contributed by atoms with Gasteiger partial charge in [0.05, 0.1) is 12.5 Å². The quantitative estimate of drug-likeness (QED) is 0.264. The van der Waals surface area contributed by atoms with E-state index in [0.717, 1.165) is 24.3 Å². The number of nitrogens with zero attached hydrogens (tertiary/aromatic N) is 4. The molecule has 0 bridgehead atoms. The van der Waals surface area contributed by atoms with E-state index in [1.165, 1.54) is 77.8 Å². The number of piperidine rings is 2. The maximum absolute atomic E-state index is 13.6. The van der Waals surface area contributed by atoms with E-state index in [1.54, 1.807) is 7.11 Å². The second kappa shape index (κ2) is 14.3. The minimum absolute atomic E-state index is 0.0109. The molecule has 2 aliphatic heterocycles. The maximum Gasteiger partial charge on any atom is 0.261 e. The number of benzene rings is 2. The summed E-state index contributed by atoms with van der Waals surface area (Å²) in [5, 5.41) is 1.30. The van der Waals surface area contributed by atoms with E-state index in [9.17, 15) is 4.79 Å². The molecule has 0 radical (unpaired) electrons. The highest BCUT2D eigenvalue weighted by Gasteiger charge is 2.20.